The highest BCUT2D eigenvalue weighted by Crippen LogP contribution is 2.35. The Bertz CT molecular complexity index is 866. The van der Waals surface area contributed by atoms with Crippen molar-refractivity contribution in [3.8, 4) is 23.1 Å². The zero-order valence-electron chi connectivity index (χ0n) is 16.6. The van der Waals surface area contributed by atoms with Gasteiger partial charge in [0.05, 0.1) is 14.2 Å². The van der Waals surface area contributed by atoms with Crippen LogP contribution in [0.25, 0.3) is 10.9 Å². The second kappa shape index (κ2) is 7.46. The Labute approximate surface area is 156 Å². The number of fused-ring (bicyclic) bond motifs is 1. The maximum atomic E-state index is 12.2. The van der Waals surface area contributed by atoms with Crippen molar-refractivity contribution < 1.29 is 19.0 Å². The molecule has 0 unspecified atom stereocenters. The Hall–Kier alpha value is -2.39. The minimum atomic E-state index is -1.69. The lowest BCUT2D eigenvalue weighted by molar-refractivity contribution is 0.0599. The van der Waals surface area contributed by atoms with Crippen LogP contribution in [-0.2, 0) is 4.74 Å². The molecule has 26 heavy (non-hydrogen) atoms. The number of hydrogen-bond acceptors (Lipinski definition) is 4. The monoisotopic (exact) mass is 373 g/mol. The third-order valence-corrected chi connectivity index (χ3v) is 9.48. The number of carbonyl (C=O) groups excluding carboxylic acids is 1. The smallest absolute Gasteiger partial charge is 0.344 e. The van der Waals surface area contributed by atoms with Gasteiger partial charge in [-0.05, 0) is 23.2 Å². The molecule has 6 heteroatoms. The van der Waals surface area contributed by atoms with Crippen LogP contribution in [0.5, 0.6) is 11.6 Å². The van der Waals surface area contributed by atoms with E-state index in [-0.39, 0.29) is 11.6 Å². The lowest BCUT2D eigenvalue weighted by Crippen LogP contribution is -2.35. The Morgan fingerprint density at radius 3 is 2.50 bits per heavy atom. The maximum Gasteiger partial charge on any atom is 0.344 e. The summed E-state index contributed by atoms with van der Waals surface area (Å²) in [5.74, 6) is 3.69. The molecule has 1 N–H and O–H groups in total. The van der Waals surface area contributed by atoms with Crippen molar-refractivity contribution in [3.63, 3.8) is 0 Å². The Morgan fingerprint density at radius 2 is 1.92 bits per heavy atom. The van der Waals surface area contributed by atoms with E-state index in [0.717, 1.165) is 5.52 Å². The number of methoxy groups -OCH3 is 2. The van der Waals surface area contributed by atoms with Crippen molar-refractivity contribution in [2.45, 2.75) is 38.9 Å². The lowest BCUT2D eigenvalue weighted by Gasteiger charge is -2.31. The quantitative estimate of drug-likeness (QED) is 0.490. The Morgan fingerprint density at radius 1 is 1.23 bits per heavy atom. The summed E-state index contributed by atoms with van der Waals surface area (Å²) in [4.78, 5) is 15.4. The molecular weight excluding hydrogens is 346 g/mol. The van der Waals surface area contributed by atoms with Gasteiger partial charge in [-0.3, -0.25) is 0 Å². The van der Waals surface area contributed by atoms with Gasteiger partial charge in [-0.15, -0.1) is 5.54 Å². The molecule has 0 radical (unpaired) electrons. The van der Waals surface area contributed by atoms with Crippen LogP contribution in [0.4, 0.5) is 0 Å². The first kappa shape index (κ1) is 19.9. The molecular formula is C20H27NO4Si. The van der Waals surface area contributed by atoms with Crippen LogP contribution in [0.2, 0.25) is 18.1 Å². The molecule has 1 heterocycles. The molecule has 0 bridgehead atoms. The Balaban J connectivity index is 2.31. The molecule has 0 aliphatic carbocycles. The van der Waals surface area contributed by atoms with Crippen molar-refractivity contribution in [2.24, 2.45) is 0 Å². The molecule has 0 amide bonds. The highest BCUT2D eigenvalue weighted by Gasteiger charge is 2.33. The molecule has 0 aliphatic rings. The number of aromatic amines is 1. The van der Waals surface area contributed by atoms with Gasteiger partial charge in [0.15, 0.2) is 0 Å². The van der Waals surface area contributed by atoms with Crippen molar-refractivity contribution in [3.05, 3.63) is 23.8 Å². The average molecular weight is 374 g/mol. The second-order valence-electron chi connectivity index (χ2n) is 7.70. The van der Waals surface area contributed by atoms with E-state index < -0.39 is 14.0 Å². The molecule has 0 spiro atoms. The first-order chi connectivity index (χ1) is 12.1. The van der Waals surface area contributed by atoms with Crippen LogP contribution in [0.3, 0.4) is 0 Å². The van der Waals surface area contributed by atoms with E-state index in [0.29, 0.717) is 22.6 Å². The molecule has 0 saturated carbocycles. The molecule has 0 atom stereocenters. The zero-order valence-corrected chi connectivity index (χ0v) is 17.6. The summed E-state index contributed by atoms with van der Waals surface area (Å²) in [5, 5.41) is 0.887. The predicted octanol–water partition coefficient (Wildman–Crippen LogP) is 4.39. The van der Waals surface area contributed by atoms with E-state index in [1.165, 1.54) is 7.11 Å². The van der Waals surface area contributed by atoms with Crippen molar-refractivity contribution in [1.82, 2.24) is 4.98 Å². The Kier molecular flexibility index (Phi) is 5.72. The van der Waals surface area contributed by atoms with Gasteiger partial charge in [-0.25, -0.2) is 4.79 Å². The summed E-state index contributed by atoms with van der Waals surface area (Å²) in [7, 11) is 1.24. The van der Waals surface area contributed by atoms with E-state index in [2.05, 4.69) is 50.3 Å². The lowest BCUT2D eigenvalue weighted by atomic mass is 10.1. The highest BCUT2D eigenvalue weighted by molar-refractivity contribution is 6.87. The van der Waals surface area contributed by atoms with Crippen LogP contribution in [0, 0.1) is 11.5 Å². The number of hydrogen-bond donors (Lipinski definition) is 1. The molecule has 0 fully saturated rings. The fourth-order valence-electron chi connectivity index (χ4n) is 2.24. The van der Waals surface area contributed by atoms with Crippen LogP contribution in [0.1, 0.15) is 31.1 Å². The van der Waals surface area contributed by atoms with Crippen molar-refractivity contribution in [1.29, 1.82) is 0 Å². The molecule has 1 aromatic carbocycles. The largest absolute Gasteiger partial charge is 0.497 e. The number of carbonyl (C=O) groups is 1. The van der Waals surface area contributed by atoms with Crippen LogP contribution in [-0.4, -0.2) is 39.9 Å². The second-order valence-corrected chi connectivity index (χ2v) is 12.7. The third-order valence-electron chi connectivity index (χ3n) is 4.93. The predicted molar refractivity (Wildman–Crippen MR) is 107 cm³/mol. The van der Waals surface area contributed by atoms with Crippen LogP contribution >= 0.6 is 0 Å². The number of H-pyrrole nitrogens is 1. The van der Waals surface area contributed by atoms with E-state index >= 15 is 0 Å². The van der Waals surface area contributed by atoms with Crippen LogP contribution < -0.4 is 9.47 Å². The fourth-order valence-corrected chi connectivity index (χ4v) is 3.13. The summed E-state index contributed by atoms with van der Waals surface area (Å²) >= 11 is 0. The average Bonchev–Trinajstić information content (AvgIpc) is 2.94. The highest BCUT2D eigenvalue weighted by atomic mass is 28.3. The molecule has 1 aromatic heterocycles. The summed E-state index contributed by atoms with van der Waals surface area (Å²) in [6, 6.07) is 5.45. The molecule has 5 nitrogen and oxygen atoms in total. The van der Waals surface area contributed by atoms with Crippen molar-refractivity contribution in [2.75, 3.05) is 20.8 Å². The summed E-state index contributed by atoms with van der Waals surface area (Å²) in [6.45, 7) is 11.4. The summed E-state index contributed by atoms with van der Waals surface area (Å²) in [5.41, 5.74) is 4.53. The minimum absolute atomic E-state index is 0.189. The SMILES string of the molecule is COC(=O)c1c(OCC#C[Si](C)(C)C(C)(C)C)[nH]c2ccc(OC)cc12. The fraction of sp³-hybridized carbons (Fsp3) is 0.450. The number of benzene rings is 1. The molecule has 2 aromatic rings. The first-order valence-corrected chi connectivity index (χ1v) is 11.5. The van der Waals surface area contributed by atoms with Gasteiger partial charge >= 0.3 is 5.97 Å². The topological polar surface area (TPSA) is 60.5 Å². The van der Waals surface area contributed by atoms with Gasteiger partial charge in [0.25, 0.3) is 0 Å². The van der Waals surface area contributed by atoms with Gasteiger partial charge in [-0.2, -0.15) is 0 Å². The number of aromatic nitrogens is 1. The molecule has 0 saturated heterocycles. The minimum Gasteiger partial charge on any atom is -0.497 e. The van der Waals surface area contributed by atoms with Crippen molar-refractivity contribution >= 4 is 24.9 Å². The van der Waals surface area contributed by atoms with E-state index in [9.17, 15) is 4.79 Å². The van der Waals surface area contributed by atoms with Gasteiger partial charge in [-0.1, -0.05) is 39.8 Å². The number of rotatable bonds is 4. The summed E-state index contributed by atoms with van der Waals surface area (Å²) < 4.78 is 15.9. The normalized spacial score (nSPS) is 11.7. The summed E-state index contributed by atoms with van der Waals surface area (Å²) in [6.07, 6.45) is 0. The number of esters is 1. The van der Waals surface area contributed by atoms with Gasteiger partial charge < -0.3 is 19.2 Å². The molecule has 140 valence electrons. The molecule has 2 rings (SSSR count). The van der Waals surface area contributed by atoms with Gasteiger partial charge in [0.1, 0.15) is 26.0 Å². The van der Waals surface area contributed by atoms with E-state index in [4.69, 9.17) is 14.2 Å². The third kappa shape index (κ3) is 4.05. The standard InChI is InChI=1S/C20H27NO4Si/c1-20(2,3)26(6,7)12-8-11-25-18-17(19(22)24-5)15-13-14(23-4)9-10-16(15)21-18/h9-10,13,21H,11H2,1-7H3. The number of ether oxygens (including phenoxy) is 3. The first-order valence-electron chi connectivity index (χ1n) is 8.51. The van der Waals surface area contributed by atoms with Crippen LogP contribution in [0.15, 0.2) is 18.2 Å². The van der Waals surface area contributed by atoms with E-state index in [1.807, 2.05) is 12.1 Å². The zero-order chi connectivity index (χ0) is 19.5. The maximum absolute atomic E-state index is 12.2. The molecule has 0 aliphatic heterocycles. The van der Waals surface area contributed by atoms with E-state index in [1.54, 1.807) is 13.2 Å². The number of nitrogens with one attached hydrogen (secondary N) is 1. The van der Waals surface area contributed by atoms with Gasteiger partial charge in [0.2, 0.25) is 5.88 Å². The van der Waals surface area contributed by atoms with Gasteiger partial charge in [0, 0.05) is 10.9 Å².